The molecular weight excluding hydrogens is 298 g/mol. The average Bonchev–Trinajstić information content (AvgIpc) is 3.27. The summed E-state index contributed by atoms with van der Waals surface area (Å²) in [7, 11) is 1.82. The second-order valence-electron chi connectivity index (χ2n) is 6.50. The highest BCUT2D eigenvalue weighted by Gasteiger charge is 2.20. The normalized spacial score (nSPS) is 16.0. The third-order valence-corrected chi connectivity index (χ3v) is 4.49. The van der Waals surface area contributed by atoms with Gasteiger partial charge in [0.25, 0.3) is 0 Å². The molecule has 128 valence electrons. The number of aromatic nitrogens is 2. The fraction of sp³-hybridized carbons (Fsp3) is 0.474. The summed E-state index contributed by atoms with van der Waals surface area (Å²) in [6.45, 7) is 3.13. The SMILES string of the molecule is CN=C(NCCCC1CC1)NC(C)c1cccc(-n2cccn2)c1. The van der Waals surface area contributed by atoms with E-state index in [9.17, 15) is 0 Å². The van der Waals surface area contributed by atoms with Crippen LogP contribution in [0.3, 0.4) is 0 Å². The van der Waals surface area contributed by atoms with Crippen molar-refractivity contribution in [3.05, 3.63) is 48.3 Å². The predicted octanol–water partition coefficient (Wildman–Crippen LogP) is 3.29. The van der Waals surface area contributed by atoms with Gasteiger partial charge in [0.1, 0.15) is 0 Å². The van der Waals surface area contributed by atoms with Crippen molar-refractivity contribution in [1.82, 2.24) is 20.4 Å². The molecule has 1 unspecified atom stereocenters. The van der Waals surface area contributed by atoms with Gasteiger partial charge in [0.05, 0.1) is 11.7 Å². The molecule has 0 radical (unpaired) electrons. The van der Waals surface area contributed by atoms with E-state index in [4.69, 9.17) is 0 Å². The van der Waals surface area contributed by atoms with Gasteiger partial charge in [-0.3, -0.25) is 4.99 Å². The Labute approximate surface area is 144 Å². The van der Waals surface area contributed by atoms with Crippen LogP contribution >= 0.6 is 0 Å². The molecule has 2 aromatic rings. The molecule has 3 rings (SSSR count). The van der Waals surface area contributed by atoms with Crippen LogP contribution in [-0.2, 0) is 0 Å². The van der Waals surface area contributed by atoms with Crippen molar-refractivity contribution in [2.75, 3.05) is 13.6 Å². The van der Waals surface area contributed by atoms with Gasteiger partial charge >= 0.3 is 0 Å². The molecule has 5 nitrogen and oxygen atoms in total. The van der Waals surface area contributed by atoms with Crippen LogP contribution in [0.2, 0.25) is 0 Å². The van der Waals surface area contributed by atoms with Crippen LogP contribution in [0, 0.1) is 5.92 Å². The van der Waals surface area contributed by atoms with E-state index >= 15 is 0 Å². The number of rotatable bonds is 7. The molecule has 0 saturated heterocycles. The summed E-state index contributed by atoms with van der Waals surface area (Å²) in [5.74, 6) is 1.86. The lowest BCUT2D eigenvalue weighted by atomic mass is 10.1. The van der Waals surface area contributed by atoms with Gasteiger partial charge in [0.15, 0.2) is 5.96 Å². The van der Waals surface area contributed by atoms with E-state index in [1.165, 1.54) is 31.2 Å². The summed E-state index contributed by atoms with van der Waals surface area (Å²) in [5.41, 5.74) is 2.28. The molecule has 1 saturated carbocycles. The van der Waals surface area contributed by atoms with Gasteiger partial charge in [0.2, 0.25) is 0 Å². The quantitative estimate of drug-likeness (QED) is 0.466. The Bertz CT molecular complexity index is 658. The standard InChI is InChI=1S/C19H27N5/c1-15(23-19(20-2)21-11-4-6-16-9-10-16)17-7-3-8-18(14-17)24-13-5-12-22-24/h3,5,7-8,12-16H,4,6,9-11H2,1-2H3,(H2,20,21,23). The van der Waals surface area contributed by atoms with E-state index in [-0.39, 0.29) is 6.04 Å². The van der Waals surface area contributed by atoms with Crippen LogP contribution in [0.1, 0.15) is 44.2 Å². The van der Waals surface area contributed by atoms with Crippen LogP contribution in [-0.4, -0.2) is 29.3 Å². The van der Waals surface area contributed by atoms with Gasteiger partial charge in [-0.05, 0) is 49.4 Å². The summed E-state index contributed by atoms with van der Waals surface area (Å²) < 4.78 is 1.88. The molecule has 0 amide bonds. The summed E-state index contributed by atoms with van der Waals surface area (Å²) in [6, 6.07) is 10.5. The molecule has 1 heterocycles. The molecule has 1 aliphatic rings. The molecule has 5 heteroatoms. The van der Waals surface area contributed by atoms with Crippen molar-refractivity contribution in [1.29, 1.82) is 0 Å². The third-order valence-electron chi connectivity index (χ3n) is 4.49. The van der Waals surface area contributed by atoms with Crippen molar-refractivity contribution >= 4 is 5.96 Å². The van der Waals surface area contributed by atoms with Crippen molar-refractivity contribution in [2.24, 2.45) is 10.9 Å². The molecule has 1 fully saturated rings. The zero-order valence-corrected chi connectivity index (χ0v) is 14.6. The maximum atomic E-state index is 4.34. The summed E-state index contributed by atoms with van der Waals surface area (Å²) in [5, 5.41) is 11.2. The molecule has 0 aliphatic heterocycles. The molecule has 1 aliphatic carbocycles. The second-order valence-corrected chi connectivity index (χ2v) is 6.50. The molecule has 2 N–H and O–H groups in total. The van der Waals surface area contributed by atoms with Crippen LogP contribution < -0.4 is 10.6 Å². The Morgan fingerprint density at radius 2 is 2.25 bits per heavy atom. The van der Waals surface area contributed by atoms with Crippen LogP contribution in [0.4, 0.5) is 0 Å². The minimum Gasteiger partial charge on any atom is -0.356 e. The monoisotopic (exact) mass is 325 g/mol. The largest absolute Gasteiger partial charge is 0.356 e. The van der Waals surface area contributed by atoms with Gasteiger partial charge < -0.3 is 10.6 Å². The highest BCUT2D eigenvalue weighted by atomic mass is 15.3. The van der Waals surface area contributed by atoms with Crippen molar-refractivity contribution in [3.63, 3.8) is 0 Å². The highest BCUT2D eigenvalue weighted by molar-refractivity contribution is 5.80. The van der Waals surface area contributed by atoms with Crippen molar-refractivity contribution < 1.29 is 0 Å². The van der Waals surface area contributed by atoms with Crippen molar-refractivity contribution in [2.45, 2.75) is 38.6 Å². The lowest BCUT2D eigenvalue weighted by Gasteiger charge is -2.19. The Balaban J connectivity index is 1.54. The van der Waals surface area contributed by atoms with Gasteiger partial charge in [-0.2, -0.15) is 5.10 Å². The number of nitrogens with zero attached hydrogens (tertiary/aromatic N) is 3. The summed E-state index contributed by atoms with van der Waals surface area (Å²) >= 11 is 0. The number of nitrogens with one attached hydrogen (secondary N) is 2. The van der Waals surface area contributed by atoms with E-state index in [0.717, 1.165) is 24.1 Å². The Morgan fingerprint density at radius 1 is 1.38 bits per heavy atom. The number of hydrogen-bond acceptors (Lipinski definition) is 2. The molecule has 1 aromatic heterocycles. The van der Waals surface area contributed by atoms with Crippen molar-refractivity contribution in [3.8, 4) is 5.69 Å². The molecule has 24 heavy (non-hydrogen) atoms. The zero-order chi connectivity index (χ0) is 16.8. The Hall–Kier alpha value is -2.30. The molecular formula is C19H27N5. The lowest BCUT2D eigenvalue weighted by Crippen LogP contribution is -2.39. The average molecular weight is 325 g/mol. The first kappa shape index (κ1) is 16.6. The fourth-order valence-corrected chi connectivity index (χ4v) is 2.85. The van der Waals surface area contributed by atoms with Gasteiger partial charge in [-0.25, -0.2) is 4.68 Å². The van der Waals surface area contributed by atoms with E-state index < -0.39 is 0 Å². The first-order valence-electron chi connectivity index (χ1n) is 8.83. The minimum absolute atomic E-state index is 0.176. The first-order chi connectivity index (χ1) is 11.8. The van der Waals surface area contributed by atoms with Crippen LogP contribution in [0.15, 0.2) is 47.7 Å². The molecule has 1 atom stereocenters. The summed E-state index contributed by atoms with van der Waals surface area (Å²) in [6.07, 6.45) is 9.16. The molecule has 1 aromatic carbocycles. The number of benzene rings is 1. The number of guanidine groups is 1. The molecule has 0 bridgehead atoms. The maximum absolute atomic E-state index is 4.34. The Kier molecular flexibility index (Phi) is 5.51. The van der Waals surface area contributed by atoms with Crippen LogP contribution in [0.5, 0.6) is 0 Å². The fourth-order valence-electron chi connectivity index (χ4n) is 2.85. The minimum atomic E-state index is 0.176. The van der Waals surface area contributed by atoms with Crippen LogP contribution in [0.25, 0.3) is 5.69 Å². The second kappa shape index (κ2) is 7.99. The number of hydrogen-bond donors (Lipinski definition) is 2. The third kappa shape index (κ3) is 4.60. The number of aliphatic imine (C=N–C) groups is 1. The van der Waals surface area contributed by atoms with Gasteiger partial charge in [-0.1, -0.05) is 25.0 Å². The maximum Gasteiger partial charge on any atom is 0.191 e. The van der Waals surface area contributed by atoms with E-state index in [1.54, 1.807) is 6.20 Å². The zero-order valence-electron chi connectivity index (χ0n) is 14.6. The topological polar surface area (TPSA) is 54.2 Å². The first-order valence-corrected chi connectivity index (χ1v) is 8.83. The lowest BCUT2D eigenvalue weighted by molar-refractivity contribution is 0.631. The van der Waals surface area contributed by atoms with E-state index in [2.05, 4.69) is 51.9 Å². The smallest absolute Gasteiger partial charge is 0.191 e. The predicted molar refractivity (Wildman–Crippen MR) is 98.4 cm³/mol. The molecule has 0 spiro atoms. The highest BCUT2D eigenvalue weighted by Crippen LogP contribution is 2.33. The van der Waals surface area contributed by atoms with Gasteiger partial charge in [-0.15, -0.1) is 0 Å². The van der Waals surface area contributed by atoms with E-state index in [0.29, 0.717) is 0 Å². The Morgan fingerprint density at radius 3 is 2.96 bits per heavy atom. The van der Waals surface area contributed by atoms with E-state index in [1.807, 2.05) is 24.0 Å². The summed E-state index contributed by atoms with van der Waals surface area (Å²) in [4.78, 5) is 4.34. The van der Waals surface area contributed by atoms with Gasteiger partial charge in [0, 0.05) is 26.0 Å².